The van der Waals surface area contributed by atoms with Gasteiger partial charge in [0.15, 0.2) is 0 Å². The topological polar surface area (TPSA) is 43.9 Å². The summed E-state index contributed by atoms with van der Waals surface area (Å²) < 4.78 is 0. The smallest absolute Gasteiger partial charge is 0.235 e. The summed E-state index contributed by atoms with van der Waals surface area (Å²) in [7, 11) is 0. The molecule has 0 radical (unpaired) electrons. The van der Waals surface area contributed by atoms with Gasteiger partial charge in [0.05, 0.1) is 5.41 Å². The van der Waals surface area contributed by atoms with Crippen molar-refractivity contribution in [3.05, 3.63) is 0 Å². The third-order valence-corrected chi connectivity index (χ3v) is 8.86. The van der Waals surface area contributed by atoms with Gasteiger partial charge in [0.2, 0.25) is 11.8 Å². The molecule has 158 valence electrons. The first-order chi connectivity index (χ1) is 13.3. The SMILES string of the molecule is CC12CCC(C(=O)N(CCCN3CCN(C4CCCCC4)CC3)C1=O)C2(C)C. The lowest BCUT2D eigenvalue weighted by atomic mass is 9.62. The van der Waals surface area contributed by atoms with Gasteiger partial charge < -0.3 is 4.90 Å². The molecule has 28 heavy (non-hydrogen) atoms. The first-order valence-electron chi connectivity index (χ1n) is 11.7. The van der Waals surface area contributed by atoms with Crippen LogP contribution in [0.1, 0.15) is 72.1 Å². The molecule has 2 saturated carbocycles. The van der Waals surface area contributed by atoms with E-state index < -0.39 is 0 Å². The maximum atomic E-state index is 13.1. The lowest BCUT2D eigenvalue weighted by Gasteiger charge is -2.47. The van der Waals surface area contributed by atoms with Crippen LogP contribution in [0.5, 0.6) is 0 Å². The van der Waals surface area contributed by atoms with Crippen LogP contribution in [0.2, 0.25) is 0 Å². The Hall–Kier alpha value is -0.940. The summed E-state index contributed by atoms with van der Waals surface area (Å²) in [4.78, 5) is 32.9. The van der Waals surface area contributed by atoms with Gasteiger partial charge in [0.25, 0.3) is 0 Å². The number of nitrogens with zero attached hydrogens (tertiary/aromatic N) is 3. The highest BCUT2D eigenvalue weighted by Crippen LogP contribution is 2.60. The quantitative estimate of drug-likeness (QED) is 0.678. The van der Waals surface area contributed by atoms with Crippen LogP contribution in [0.4, 0.5) is 0 Å². The van der Waals surface area contributed by atoms with Gasteiger partial charge in [-0.05, 0) is 44.1 Å². The molecular weight excluding hydrogens is 350 g/mol. The number of piperidine rings is 1. The summed E-state index contributed by atoms with van der Waals surface area (Å²) in [5.41, 5.74) is -0.565. The Morgan fingerprint density at radius 3 is 2.25 bits per heavy atom. The standard InChI is InChI=1S/C23H39N3O2/c1-22(2)19-10-11-23(22,3)21(28)26(20(19)27)13-7-12-24-14-16-25(17-15-24)18-8-5-4-6-9-18/h18-19H,4-17H2,1-3H3. The fourth-order valence-electron chi connectivity index (χ4n) is 6.36. The van der Waals surface area contributed by atoms with E-state index in [2.05, 4.69) is 30.6 Å². The van der Waals surface area contributed by atoms with Crippen molar-refractivity contribution >= 4 is 11.8 Å². The Labute approximate surface area is 170 Å². The van der Waals surface area contributed by atoms with Crippen LogP contribution < -0.4 is 0 Å². The largest absolute Gasteiger partial charge is 0.301 e. The predicted molar refractivity (Wildman–Crippen MR) is 111 cm³/mol. The third-order valence-electron chi connectivity index (χ3n) is 8.86. The number of imide groups is 1. The monoisotopic (exact) mass is 389 g/mol. The molecule has 4 fully saturated rings. The highest BCUT2D eigenvalue weighted by Gasteiger charge is 2.64. The predicted octanol–water partition coefficient (Wildman–Crippen LogP) is 3.14. The normalized spacial score (nSPS) is 35.0. The molecule has 0 N–H and O–H groups in total. The molecule has 2 bridgehead atoms. The Balaban J connectivity index is 1.25. The fraction of sp³-hybridized carbons (Fsp3) is 0.913. The molecule has 5 nitrogen and oxygen atoms in total. The summed E-state index contributed by atoms with van der Waals surface area (Å²) in [6, 6.07) is 0.819. The highest BCUT2D eigenvalue weighted by molar-refractivity contribution is 6.03. The Morgan fingerprint density at radius 2 is 1.57 bits per heavy atom. The van der Waals surface area contributed by atoms with Crippen molar-refractivity contribution in [3.63, 3.8) is 0 Å². The van der Waals surface area contributed by atoms with Crippen molar-refractivity contribution in [2.45, 2.75) is 78.2 Å². The molecule has 0 aromatic carbocycles. The minimum absolute atomic E-state index is 0.0224. The van der Waals surface area contributed by atoms with E-state index in [4.69, 9.17) is 0 Å². The Kier molecular flexibility index (Phi) is 5.60. The number of likely N-dealkylation sites (tertiary alicyclic amines) is 1. The molecule has 0 aromatic heterocycles. The van der Waals surface area contributed by atoms with Crippen LogP contribution in [0.15, 0.2) is 0 Å². The lowest BCUT2D eigenvalue weighted by Crippen LogP contribution is -2.59. The van der Waals surface area contributed by atoms with Gasteiger partial charge in [-0.1, -0.05) is 40.0 Å². The highest BCUT2D eigenvalue weighted by atomic mass is 16.2. The summed E-state index contributed by atoms with van der Waals surface area (Å²) >= 11 is 0. The third kappa shape index (κ3) is 3.32. The summed E-state index contributed by atoms with van der Waals surface area (Å²) in [5, 5.41) is 0. The van der Waals surface area contributed by atoms with E-state index in [9.17, 15) is 9.59 Å². The fourth-order valence-corrected chi connectivity index (χ4v) is 6.36. The molecule has 2 unspecified atom stereocenters. The van der Waals surface area contributed by atoms with E-state index in [-0.39, 0.29) is 28.6 Å². The number of fused-ring (bicyclic) bond motifs is 2. The summed E-state index contributed by atoms with van der Waals surface area (Å²) in [6.45, 7) is 12.5. The van der Waals surface area contributed by atoms with Gasteiger partial charge in [0, 0.05) is 44.7 Å². The molecule has 4 aliphatic rings. The molecule has 2 aliphatic carbocycles. The first kappa shape index (κ1) is 20.3. The second kappa shape index (κ2) is 7.71. The maximum Gasteiger partial charge on any atom is 0.235 e. The average Bonchev–Trinajstić information content (AvgIpc) is 2.89. The van der Waals surface area contributed by atoms with Crippen molar-refractivity contribution in [1.29, 1.82) is 0 Å². The molecule has 0 aromatic rings. The number of hydrogen-bond donors (Lipinski definition) is 0. The minimum Gasteiger partial charge on any atom is -0.301 e. The number of hydrogen-bond acceptors (Lipinski definition) is 4. The molecule has 2 atom stereocenters. The summed E-state index contributed by atoms with van der Waals surface area (Å²) in [6.07, 6.45) is 9.62. The van der Waals surface area contributed by atoms with Crippen LogP contribution in [0.25, 0.3) is 0 Å². The molecular formula is C23H39N3O2. The van der Waals surface area contributed by atoms with Gasteiger partial charge in [0.1, 0.15) is 0 Å². The van der Waals surface area contributed by atoms with E-state index in [1.165, 1.54) is 45.2 Å². The molecule has 2 saturated heterocycles. The van der Waals surface area contributed by atoms with Gasteiger partial charge >= 0.3 is 0 Å². The van der Waals surface area contributed by atoms with Crippen molar-refractivity contribution < 1.29 is 9.59 Å². The molecule has 2 heterocycles. The van der Waals surface area contributed by atoms with E-state index in [1.54, 1.807) is 4.90 Å². The van der Waals surface area contributed by atoms with Gasteiger partial charge in [-0.15, -0.1) is 0 Å². The van der Waals surface area contributed by atoms with Gasteiger partial charge in [-0.3, -0.25) is 19.4 Å². The number of amides is 2. The number of piperazine rings is 1. The number of carbonyl (C=O) groups excluding carboxylic acids is 2. The Bertz CT molecular complexity index is 605. The number of rotatable bonds is 5. The van der Waals surface area contributed by atoms with Crippen LogP contribution in [0, 0.1) is 16.7 Å². The average molecular weight is 390 g/mol. The van der Waals surface area contributed by atoms with Crippen molar-refractivity contribution in [1.82, 2.24) is 14.7 Å². The minimum atomic E-state index is -0.364. The van der Waals surface area contributed by atoms with Crippen LogP contribution >= 0.6 is 0 Å². The zero-order valence-electron chi connectivity index (χ0n) is 18.2. The molecule has 4 rings (SSSR count). The lowest BCUT2D eigenvalue weighted by molar-refractivity contribution is -0.167. The van der Waals surface area contributed by atoms with E-state index in [0.29, 0.717) is 6.54 Å². The van der Waals surface area contributed by atoms with Crippen LogP contribution in [0.3, 0.4) is 0 Å². The van der Waals surface area contributed by atoms with Crippen molar-refractivity contribution in [2.24, 2.45) is 16.7 Å². The van der Waals surface area contributed by atoms with E-state index in [0.717, 1.165) is 44.9 Å². The zero-order chi connectivity index (χ0) is 19.9. The first-order valence-corrected chi connectivity index (χ1v) is 11.7. The zero-order valence-corrected chi connectivity index (χ0v) is 18.2. The van der Waals surface area contributed by atoms with Crippen LogP contribution in [-0.2, 0) is 9.59 Å². The molecule has 5 heteroatoms. The molecule has 2 aliphatic heterocycles. The van der Waals surface area contributed by atoms with Crippen molar-refractivity contribution in [3.8, 4) is 0 Å². The second-order valence-corrected chi connectivity index (χ2v) is 10.5. The van der Waals surface area contributed by atoms with Gasteiger partial charge in [-0.25, -0.2) is 0 Å². The van der Waals surface area contributed by atoms with Crippen LogP contribution in [-0.4, -0.2) is 71.8 Å². The number of carbonyl (C=O) groups is 2. The van der Waals surface area contributed by atoms with Crippen molar-refractivity contribution in [2.75, 3.05) is 39.3 Å². The molecule has 0 spiro atoms. The van der Waals surface area contributed by atoms with E-state index in [1.807, 2.05) is 0 Å². The maximum absolute atomic E-state index is 13.1. The summed E-state index contributed by atoms with van der Waals surface area (Å²) in [5.74, 6) is 0.194. The molecule has 2 amide bonds. The van der Waals surface area contributed by atoms with Gasteiger partial charge in [-0.2, -0.15) is 0 Å². The second-order valence-electron chi connectivity index (χ2n) is 10.5. The Morgan fingerprint density at radius 1 is 0.893 bits per heavy atom. The van der Waals surface area contributed by atoms with E-state index >= 15 is 0 Å².